The Morgan fingerprint density at radius 2 is 1.82 bits per heavy atom. The van der Waals surface area contributed by atoms with Crippen molar-refractivity contribution in [3.63, 3.8) is 0 Å². The van der Waals surface area contributed by atoms with Gasteiger partial charge < -0.3 is 14.7 Å². The molecule has 4 rings (SSSR count). The number of piperazine rings is 1. The summed E-state index contributed by atoms with van der Waals surface area (Å²) in [6.45, 7) is 6.37. The standard InChI is InChI=1S/C22H29N5O/c1-2-19-10-6-7-11-27(19)22-23-20(18-8-4-3-5-9-18)16-21(24-22)26-14-12-25(17-28)13-15-26/h3-5,8-9,16-17,19H,2,6-7,10-15H2,1H3. The average molecular weight is 380 g/mol. The molecule has 3 heterocycles. The zero-order valence-electron chi connectivity index (χ0n) is 16.6. The quantitative estimate of drug-likeness (QED) is 0.747. The van der Waals surface area contributed by atoms with Gasteiger partial charge in [-0.1, -0.05) is 37.3 Å². The van der Waals surface area contributed by atoms with Crippen molar-refractivity contribution in [1.82, 2.24) is 14.9 Å². The van der Waals surface area contributed by atoms with Crippen LogP contribution in [-0.2, 0) is 4.79 Å². The summed E-state index contributed by atoms with van der Waals surface area (Å²) < 4.78 is 0. The van der Waals surface area contributed by atoms with Crippen LogP contribution < -0.4 is 9.80 Å². The van der Waals surface area contributed by atoms with Gasteiger partial charge in [-0.15, -0.1) is 0 Å². The molecule has 28 heavy (non-hydrogen) atoms. The summed E-state index contributed by atoms with van der Waals surface area (Å²) in [6, 6.07) is 13.0. The third kappa shape index (κ3) is 3.96. The van der Waals surface area contributed by atoms with Crippen molar-refractivity contribution in [2.45, 2.75) is 38.6 Å². The van der Waals surface area contributed by atoms with E-state index in [1.165, 1.54) is 19.3 Å². The number of amides is 1. The van der Waals surface area contributed by atoms with E-state index < -0.39 is 0 Å². The predicted octanol–water partition coefficient (Wildman–Crippen LogP) is 3.19. The summed E-state index contributed by atoms with van der Waals surface area (Å²) >= 11 is 0. The van der Waals surface area contributed by atoms with Crippen LogP contribution in [0, 0.1) is 0 Å². The third-order valence-electron chi connectivity index (χ3n) is 5.91. The smallest absolute Gasteiger partial charge is 0.228 e. The largest absolute Gasteiger partial charge is 0.353 e. The molecule has 0 N–H and O–H groups in total. The first-order valence-corrected chi connectivity index (χ1v) is 10.4. The number of aromatic nitrogens is 2. The molecule has 0 spiro atoms. The predicted molar refractivity (Wildman–Crippen MR) is 113 cm³/mol. The van der Waals surface area contributed by atoms with Crippen molar-refractivity contribution in [1.29, 1.82) is 0 Å². The summed E-state index contributed by atoms with van der Waals surface area (Å²) in [6.07, 6.45) is 5.75. The fourth-order valence-corrected chi connectivity index (χ4v) is 4.21. The van der Waals surface area contributed by atoms with E-state index in [0.717, 1.165) is 68.6 Å². The molecule has 1 aromatic carbocycles. The summed E-state index contributed by atoms with van der Waals surface area (Å²) in [5.41, 5.74) is 2.09. The Bertz CT molecular complexity index is 789. The highest BCUT2D eigenvalue weighted by atomic mass is 16.1. The van der Waals surface area contributed by atoms with Gasteiger partial charge in [0.25, 0.3) is 0 Å². The normalized spacial score (nSPS) is 20.3. The fraction of sp³-hybridized carbons (Fsp3) is 0.500. The van der Waals surface area contributed by atoms with Crippen molar-refractivity contribution in [3.8, 4) is 11.3 Å². The highest BCUT2D eigenvalue weighted by Crippen LogP contribution is 2.29. The first-order chi connectivity index (χ1) is 13.8. The van der Waals surface area contributed by atoms with Gasteiger partial charge in [0.2, 0.25) is 12.4 Å². The number of hydrogen-bond acceptors (Lipinski definition) is 5. The van der Waals surface area contributed by atoms with Crippen molar-refractivity contribution >= 4 is 18.2 Å². The summed E-state index contributed by atoms with van der Waals surface area (Å²) in [4.78, 5) is 27.5. The van der Waals surface area contributed by atoms with E-state index in [1.807, 2.05) is 11.0 Å². The Morgan fingerprint density at radius 1 is 1.04 bits per heavy atom. The van der Waals surface area contributed by atoms with Crippen LogP contribution in [0.4, 0.5) is 11.8 Å². The highest BCUT2D eigenvalue weighted by Gasteiger charge is 2.25. The van der Waals surface area contributed by atoms with Gasteiger partial charge in [-0.25, -0.2) is 4.98 Å². The Labute approximate surface area is 167 Å². The van der Waals surface area contributed by atoms with Gasteiger partial charge in [0.15, 0.2) is 0 Å². The lowest BCUT2D eigenvalue weighted by atomic mass is 10.0. The van der Waals surface area contributed by atoms with Crippen LogP contribution in [0.5, 0.6) is 0 Å². The van der Waals surface area contributed by atoms with Crippen molar-refractivity contribution in [2.75, 3.05) is 42.5 Å². The molecule has 6 heteroatoms. The zero-order chi connectivity index (χ0) is 19.3. The Morgan fingerprint density at radius 3 is 2.54 bits per heavy atom. The Hall–Kier alpha value is -2.63. The number of hydrogen-bond donors (Lipinski definition) is 0. The molecule has 0 aliphatic carbocycles. The maximum atomic E-state index is 11.0. The van der Waals surface area contributed by atoms with Crippen molar-refractivity contribution < 1.29 is 4.79 Å². The second-order valence-corrected chi connectivity index (χ2v) is 7.66. The van der Waals surface area contributed by atoms with Crippen LogP contribution >= 0.6 is 0 Å². The van der Waals surface area contributed by atoms with E-state index in [2.05, 4.69) is 47.1 Å². The molecule has 2 saturated heterocycles. The molecule has 6 nitrogen and oxygen atoms in total. The van der Waals surface area contributed by atoms with Gasteiger partial charge in [-0.05, 0) is 25.7 Å². The van der Waals surface area contributed by atoms with Gasteiger partial charge in [0.1, 0.15) is 5.82 Å². The first kappa shape index (κ1) is 18.7. The van der Waals surface area contributed by atoms with E-state index in [4.69, 9.17) is 9.97 Å². The lowest BCUT2D eigenvalue weighted by Gasteiger charge is -2.37. The molecule has 148 valence electrons. The average Bonchev–Trinajstić information content (AvgIpc) is 2.79. The number of carbonyl (C=O) groups excluding carboxylic acids is 1. The van der Waals surface area contributed by atoms with E-state index in [-0.39, 0.29) is 0 Å². The topological polar surface area (TPSA) is 52.6 Å². The highest BCUT2D eigenvalue weighted by molar-refractivity contribution is 5.65. The minimum Gasteiger partial charge on any atom is -0.353 e. The summed E-state index contributed by atoms with van der Waals surface area (Å²) in [5.74, 6) is 1.82. The molecule has 2 aliphatic heterocycles. The van der Waals surface area contributed by atoms with Crippen LogP contribution in [-0.4, -0.2) is 60.0 Å². The molecular formula is C22H29N5O. The van der Waals surface area contributed by atoms with Crippen LogP contribution in [0.2, 0.25) is 0 Å². The number of nitrogens with zero attached hydrogens (tertiary/aromatic N) is 5. The van der Waals surface area contributed by atoms with Crippen molar-refractivity contribution in [2.24, 2.45) is 0 Å². The molecule has 1 atom stereocenters. The molecular weight excluding hydrogens is 350 g/mol. The fourth-order valence-electron chi connectivity index (χ4n) is 4.21. The maximum Gasteiger partial charge on any atom is 0.228 e. The summed E-state index contributed by atoms with van der Waals surface area (Å²) in [5, 5.41) is 0. The van der Waals surface area contributed by atoms with E-state index in [9.17, 15) is 4.79 Å². The van der Waals surface area contributed by atoms with E-state index in [1.54, 1.807) is 0 Å². The lowest BCUT2D eigenvalue weighted by molar-refractivity contribution is -0.118. The number of benzene rings is 1. The van der Waals surface area contributed by atoms with Crippen LogP contribution in [0.15, 0.2) is 36.4 Å². The van der Waals surface area contributed by atoms with Crippen LogP contribution in [0.25, 0.3) is 11.3 Å². The molecule has 0 bridgehead atoms. The molecule has 1 unspecified atom stereocenters. The minimum absolute atomic E-state index is 0.513. The SMILES string of the molecule is CCC1CCCCN1c1nc(-c2ccccc2)cc(N2CCN(C=O)CC2)n1. The molecule has 2 aromatic rings. The van der Waals surface area contributed by atoms with Crippen LogP contribution in [0.1, 0.15) is 32.6 Å². The van der Waals surface area contributed by atoms with Gasteiger partial charge in [0, 0.05) is 50.4 Å². The van der Waals surface area contributed by atoms with Gasteiger partial charge in [-0.3, -0.25) is 4.79 Å². The third-order valence-corrected chi connectivity index (χ3v) is 5.91. The second-order valence-electron chi connectivity index (χ2n) is 7.66. The van der Waals surface area contributed by atoms with Crippen LogP contribution in [0.3, 0.4) is 0 Å². The molecule has 1 amide bonds. The first-order valence-electron chi connectivity index (χ1n) is 10.4. The zero-order valence-corrected chi connectivity index (χ0v) is 16.6. The molecule has 2 aliphatic rings. The van der Waals surface area contributed by atoms with Gasteiger partial charge in [-0.2, -0.15) is 4.98 Å². The maximum absolute atomic E-state index is 11.0. The van der Waals surface area contributed by atoms with Crippen molar-refractivity contribution in [3.05, 3.63) is 36.4 Å². The van der Waals surface area contributed by atoms with E-state index >= 15 is 0 Å². The van der Waals surface area contributed by atoms with Gasteiger partial charge in [0.05, 0.1) is 5.69 Å². The molecule has 0 radical (unpaired) electrons. The summed E-state index contributed by atoms with van der Waals surface area (Å²) in [7, 11) is 0. The number of piperidine rings is 1. The lowest BCUT2D eigenvalue weighted by Crippen LogP contribution is -2.46. The monoisotopic (exact) mass is 379 g/mol. The van der Waals surface area contributed by atoms with Gasteiger partial charge >= 0.3 is 0 Å². The number of rotatable bonds is 5. The second kappa shape index (κ2) is 8.59. The Balaban J connectivity index is 1.70. The molecule has 1 aromatic heterocycles. The minimum atomic E-state index is 0.513. The molecule has 2 fully saturated rings. The molecule has 0 saturated carbocycles. The number of carbonyl (C=O) groups is 1. The number of anilines is 2. The Kier molecular flexibility index (Phi) is 5.74. The van der Waals surface area contributed by atoms with E-state index in [0.29, 0.717) is 6.04 Å².